The van der Waals surface area contributed by atoms with E-state index in [0.29, 0.717) is 30.7 Å². The van der Waals surface area contributed by atoms with Crippen LogP contribution in [-0.4, -0.2) is 69.4 Å². The number of nitrogen functional groups attached to an aromatic ring is 1. The number of imidazole rings is 1. The number of rotatable bonds is 28. The quantitative estimate of drug-likeness (QED) is 0.0730. The van der Waals surface area contributed by atoms with Gasteiger partial charge < -0.3 is 33.9 Å². The third-order valence-electron chi connectivity index (χ3n) is 7.29. The van der Waals surface area contributed by atoms with Crippen LogP contribution in [0.15, 0.2) is 12.7 Å². The molecule has 0 saturated heterocycles. The van der Waals surface area contributed by atoms with E-state index in [9.17, 15) is 9.46 Å². The topological polar surface area (TPSA) is 144 Å². The molecule has 0 spiro atoms. The van der Waals surface area contributed by atoms with Crippen molar-refractivity contribution < 1.29 is 28.2 Å². The molecule has 0 amide bonds. The molecule has 3 N–H and O–H groups in total. The molecule has 0 radical (unpaired) electrons. The fourth-order valence-corrected chi connectivity index (χ4v) is 5.70. The van der Waals surface area contributed by atoms with Crippen molar-refractivity contribution in [2.45, 2.75) is 136 Å². The summed E-state index contributed by atoms with van der Waals surface area (Å²) in [6.07, 6.45) is 21.2. The molecule has 0 aliphatic heterocycles. The summed E-state index contributed by atoms with van der Waals surface area (Å²) in [5.74, 6) is 0.288. The molecule has 2 rings (SSSR count). The van der Waals surface area contributed by atoms with E-state index in [1.54, 1.807) is 10.9 Å². The fourth-order valence-electron chi connectivity index (χ4n) is 4.81. The van der Waals surface area contributed by atoms with Crippen LogP contribution >= 0.6 is 7.60 Å². The van der Waals surface area contributed by atoms with Crippen LogP contribution in [0.25, 0.3) is 11.2 Å². The molecule has 0 aliphatic rings. The van der Waals surface area contributed by atoms with Crippen molar-refractivity contribution in [1.82, 2.24) is 19.5 Å². The predicted octanol–water partition coefficient (Wildman–Crippen LogP) is 7.27. The van der Waals surface area contributed by atoms with Crippen LogP contribution in [0.1, 0.15) is 117 Å². The van der Waals surface area contributed by atoms with Crippen molar-refractivity contribution in [3.05, 3.63) is 12.7 Å². The van der Waals surface area contributed by atoms with Gasteiger partial charge in [0.25, 0.3) is 0 Å². The first-order valence-electron chi connectivity index (χ1n) is 16.5. The third kappa shape index (κ3) is 17.5. The lowest BCUT2D eigenvalue weighted by Crippen LogP contribution is -2.27. The zero-order chi connectivity index (χ0) is 31.2. The highest BCUT2D eigenvalue weighted by Crippen LogP contribution is 2.42. The van der Waals surface area contributed by atoms with Gasteiger partial charge >= 0.3 is 7.60 Å². The lowest BCUT2D eigenvalue weighted by molar-refractivity contribution is -0.0321. The van der Waals surface area contributed by atoms with Crippen LogP contribution in [0.4, 0.5) is 5.82 Å². The van der Waals surface area contributed by atoms with Gasteiger partial charge in [-0.2, -0.15) is 0 Å². The minimum atomic E-state index is -3.94. The van der Waals surface area contributed by atoms with E-state index in [4.69, 9.17) is 24.5 Å². The maximum absolute atomic E-state index is 12.6. The first-order chi connectivity index (χ1) is 20.8. The summed E-state index contributed by atoms with van der Waals surface area (Å²) in [7, 11) is -3.94. The number of nitrogens with two attached hydrogens (primary N) is 1. The molecule has 0 fully saturated rings. The Morgan fingerprint density at radius 1 is 0.837 bits per heavy atom. The van der Waals surface area contributed by atoms with E-state index < -0.39 is 20.0 Å². The third-order valence-corrected chi connectivity index (χ3v) is 8.35. The Labute approximate surface area is 259 Å². The fraction of sp³-hybridized carbons (Fsp3) is 0.839. The van der Waals surface area contributed by atoms with E-state index >= 15 is 0 Å². The highest BCUT2D eigenvalue weighted by atomic mass is 31.2. The van der Waals surface area contributed by atoms with Crippen LogP contribution in [-0.2, 0) is 29.8 Å². The Morgan fingerprint density at radius 2 is 1.44 bits per heavy atom. The monoisotopic (exact) mass is 627 g/mol. The van der Waals surface area contributed by atoms with Gasteiger partial charge in [-0.1, -0.05) is 90.4 Å². The Hall–Kier alpha value is -1.62. The van der Waals surface area contributed by atoms with Gasteiger partial charge in [-0.3, -0.25) is 4.57 Å². The molecule has 0 aromatic carbocycles. The number of anilines is 1. The average molecular weight is 628 g/mol. The Morgan fingerprint density at radius 3 is 2.07 bits per heavy atom. The lowest BCUT2D eigenvalue weighted by Gasteiger charge is -2.21. The Balaban J connectivity index is 1.50. The summed E-state index contributed by atoms with van der Waals surface area (Å²) in [6.45, 7) is 7.99. The first-order valence-corrected chi connectivity index (χ1v) is 18.3. The summed E-state index contributed by atoms with van der Waals surface area (Å²) in [6, 6.07) is 0. The predicted molar refractivity (Wildman–Crippen MR) is 172 cm³/mol. The zero-order valence-electron chi connectivity index (χ0n) is 27.0. The van der Waals surface area contributed by atoms with Gasteiger partial charge in [-0.25, -0.2) is 15.0 Å². The zero-order valence-corrected chi connectivity index (χ0v) is 27.9. The van der Waals surface area contributed by atoms with Crippen molar-refractivity contribution >= 4 is 24.6 Å². The minimum Gasteiger partial charge on any atom is -0.382 e. The second-order valence-electron chi connectivity index (χ2n) is 11.7. The first kappa shape index (κ1) is 37.6. The summed E-state index contributed by atoms with van der Waals surface area (Å²) >= 11 is 0. The van der Waals surface area contributed by atoms with Gasteiger partial charge in [0.05, 0.1) is 38.3 Å². The number of nitrogens with zero attached hydrogens (tertiary/aromatic N) is 4. The molecule has 2 aromatic heterocycles. The van der Waals surface area contributed by atoms with Gasteiger partial charge in [0.1, 0.15) is 18.2 Å². The van der Waals surface area contributed by atoms with Gasteiger partial charge in [0.2, 0.25) is 0 Å². The molecule has 0 aliphatic carbocycles. The van der Waals surface area contributed by atoms with E-state index in [1.165, 1.54) is 89.8 Å². The van der Waals surface area contributed by atoms with Crippen LogP contribution < -0.4 is 5.73 Å². The van der Waals surface area contributed by atoms with Crippen LogP contribution in [0, 0.1) is 0 Å². The van der Waals surface area contributed by atoms with E-state index in [0.717, 1.165) is 13.0 Å². The molecule has 2 aromatic rings. The average Bonchev–Trinajstić information content (AvgIpc) is 3.39. The lowest BCUT2D eigenvalue weighted by atomic mass is 10.0. The molecule has 248 valence electrons. The number of hydrogen-bond donors (Lipinski definition) is 2. The summed E-state index contributed by atoms with van der Waals surface area (Å²) in [5.41, 5.74) is 6.93. The number of fused-ring (bicyclic) bond motifs is 1. The molecule has 43 heavy (non-hydrogen) atoms. The van der Waals surface area contributed by atoms with Crippen LogP contribution in [0.3, 0.4) is 0 Å². The summed E-state index contributed by atoms with van der Waals surface area (Å²) < 4.78 is 36.8. The number of unbranched alkanes of at least 4 members (excludes halogenated alkanes) is 13. The van der Waals surface area contributed by atoms with Crippen molar-refractivity contribution in [3.8, 4) is 0 Å². The SMILES string of the molecule is CCCCCCCCCCCCCCCCOCCCOP(=O)(O)CO[C@H](COC(C)C)Cn1cnc2c(N)ncnc21. The normalized spacial score (nSPS) is 14.1. The molecule has 1 unspecified atom stereocenters. The van der Waals surface area contributed by atoms with Gasteiger partial charge in [0.15, 0.2) is 11.5 Å². The molecule has 0 bridgehead atoms. The second kappa shape index (κ2) is 22.8. The number of aromatic nitrogens is 4. The summed E-state index contributed by atoms with van der Waals surface area (Å²) in [5, 5.41) is 0. The molecule has 11 nitrogen and oxygen atoms in total. The number of ether oxygens (including phenoxy) is 3. The van der Waals surface area contributed by atoms with E-state index in [1.807, 2.05) is 13.8 Å². The van der Waals surface area contributed by atoms with Crippen molar-refractivity contribution in [2.75, 3.05) is 38.5 Å². The molecule has 0 saturated carbocycles. The van der Waals surface area contributed by atoms with Crippen LogP contribution in [0.2, 0.25) is 0 Å². The van der Waals surface area contributed by atoms with E-state index in [2.05, 4.69) is 21.9 Å². The highest BCUT2D eigenvalue weighted by Gasteiger charge is 2.24. The smallest absolute Gasteiger partial charge is 0.353 e. The molecule has 2 atom stereocenters. The van der Waals surface area contributed by atoms with E-state index in [-0.39, 0.29) is 25.1 Å². The van der Waals surface area contributed by atoms with Crippen molar-refractivity contribution in [2.24, 2.45) is 0 Å². The number of hydrogen-bond acceptors (Lipinski definition) is 9. The largest absolute Gasteiger partial charge is 0.382 e. The van der Waals surface area contributed by atoms with Gasteiger partial charge in [-0.15, -0.1) is 0 Å². The van der Waals surface area contributed by atoms with Crippen molar-refractivity contribution in [1.29, 1.82) is 0 Å². The molecular weight excluding hydrogens is 569 g/mol. The maximum atomic E-state index is 12.6. The molecular formula is C31H58N5O6P. The van der Waals surface area contributed by atoms with Crippen molar-refractivity contribution in [3.63, 3.8) is 0 Å². The molecule has 2 heterocycles. The summed E-state index contributed by atoms with van der Waals surface area (Å²) in [4.78, 5) is 22.8. The van der Waals surface area contributed by atoms with Crippen LogP contribution in [0.5, 0.6) is 0 Å². The van der Waals surface area contributed by atoms with Gasteiger partial charge in [-0.05, 0) is 26.7 Å². The molecule has 12 heteroatoms. The maximum Gasteiger partial charge on any atom is 0.353 e. The van der Waals surface area contributed by atoms with Gasteiger partial charge in [0, 0.05) is 13.2 Å². The Kier molecular flexibility index (Phi) is 19.9. The second-order valence-corrected chi connectivity index (χ2v) is 13.5. The highest BCUT2D eigenvalue weighted by molar-refractivity contribution is 7.52. The Bertz CT molecular complexity index is 1020. The standard InChI is InChI=1S/C31H58N5O6P/c1-4-5-6-7-8-9-10-11-12-13-14-15-16-17-19-39-20-18-21-42-43(37,38)26-41-28(23-40-27(2)3)22-36-25-35-29-30(32)33-24-34-31(29)36/h24-25,27-28H,4-23,26H2,1-3H3,(H,37,38)(H2,32,33,34)/t28-/m0/s1. The minimum absolute atomic E-state index is 0.0229.